The van der Waals surface area contributed by atoms with Gasteiger partial charge >= 0.3 is 0 Å². The number of allylic oxidation sites excluding steroid dienone is 1. The van der Waals surface area contributed by atoms with E-state index in [9.17, 15) is 14.9 Å². The highest BCUT2D eigenvalue weighted by atomic mass is 16.5. The van der Waals surface area contributed by atoms with E-state index < -0.39 is 17.4 Å². The summed E-state index contributed by atoms with van der Waals surface area (Å²) in [6.45, 7) is -0.324. The SMILES string of the molecule is COc1cc([C@H]2C(C#N)=C(N)Oc3nc[nH]c(=O)c32)ccc1OCC(N)=O. The molecule has 0 saturated heterocycles. The fraction of sp³-hybridized carbons (Fsp3) is 0.176. The molecule has 3 rings (SSSR count). The normalized spacial score (nSPS) is 15.3. The summed E-state index contributed by atoms with van der Waals surface area (Å²) in [7, 11) is 1.41. The van der Waals surface area contributed by atoms with Gasteiger partial charge < -0.3 is 30.7 Å². The van der Waals surface area contributed by atoms with Crippen molar-refractivity contribution in [3.8, 4) is 23.4 Å². The number of amides is 1. The molecule has 138 valence electrons. The van der Waals surface area contributed by atoms with E-state index in [0.717, 1.165) is 0 Å². The van der Waals surface area contributed by atoms with Crippen LogP contribution in [0.1, 0.15) is 17.0 Å². The van der Waals surface area contributed by atoms with Crippen molar-refractivity contribution in [2.24, 2.45) is 11.5 Å². The number of aromatic amines is 1. The van der Waals surface area contributed by atoms with Gasteiger partial charge in [-0.25, -0.2) is 4.98 Å². The molecule has 0 aliphatic carbocycles. The maximum absolute atomic E-state index is 12.4. The number of rotatable bonds is 5. The molecule has 0 unspecified atom stereocenters. The number of nitriles is 1. The summed E-state index contributed by atoms with van der Waals surface area (Å²) in [6.07, 6.45) is 1.18. The van der Waals surface area contributed by atoms with Crippen molar-refractivity contribution in [3.63, 3.8) is 0 Å². The lowest BCUT2D eigenvalue weighted by Gasteiger charge is -2.24. The molecule has 0 radical (unpaired) electrons. The Morgan fingerprint density at radius 1 is 1.44 bits per heavy atom. The summed E-state index contributed by atoms with van der Waals surface area (Å²) >= 11 is 0. The van der Waals surface area contributed by atoms with Gasteiger partial charge in [0.1, 0.15) is 11.6 Å². The van der Waals surface area contributed by atoms with Gasteiger partial charge in [-0.15, -0.1) is 0 Å². The first-order chi connectivity index (χ1) is 13.0. The van der Waals surface area contributed by atoms with Crippen LogP contribution in [0.2, 0.25) is 0 Å². The maximum Gasteiger partial charge on any atom is 0.258 e. The van der Waals surface area contributed by atoms with E-state index in [0.29, 0.717) is 5.56 Å². The van der Waals surface area contributed by atoms with E-state index in [1.165, 1.54) is 13.4 Å². The third-order valence-electron chi connectivity index (χ3n) is 3.91. The van der Waals surface area contributed by atoms with E-state index in [4.69, 9.17) is 25.7 Å². The van der Waals surface area contributed by atoms with Crippen LogP contribution in [0, 0.1) is 11.3 Å². The number of methoxy groups -OCH3 is 1. The molecule has 5 N–H and O–H groups in total. The number of nitrogens with zero attached hydrogens (tertiary/aromatic N) is 2. The van der Waals surface area contributed by atoms with Gasteiger partial charge in [0.2, 0.25) is 11.8 Å². The molecule has 27 heavy (non-hydrogen) atoms. The van der Waals surface area contributed by atoms with Gasteiger partial charge in [-0.05, 0) is 17.7 Å². The topological polar surface area (TPSA) is 166 Å². The van der Waals surface area contributed by atoms with Crippen molar-refractivity contribution in [3.05, 3.63) is 57.5 Å². The lowest BCUT2D eigenvalue weighted by Crippen LogP contribution is -2.28. The van der Waals surface area contributed by atoms with E-state index in [1.54, 1.807) is 18.2 Å². The molecular weight excluding hydrogens is 354 g/mol. The number of nitrogens with one attached hydrogen (secondary N) is 1. The van der Waals surface area contributed by atoms with Crippen LogP contribution in [-0.2, 0) is 4.79 Å². The Kier molecular flexibility index (Phi) is 4.68. The van der Waals surface area contributed by atoms with Crippen LogP contribution in [0.4, 0.5) is 0 Å². The molecule has 2 heterocycles. The number of aromatic nitrogens is 2. The number of nitrogens with two attached hydrogens (primary N) is 2. The number of hydrogen-bond donors (Lipinski definition) is 3. The number of ether oxygens (including phenoxy) is 3. The first-order valence-corrected chi connectivity index (χ1v) is 7.70. The number of hydrogen-bond acceptors (Lipinski definition) is 8. The van der Waals surface area contributed by atoms with Gasteiger partial charge in [0, 0.05) is 0 Å². The molecule has 0 spiro atoms. The van der Waals surface area contributed by atoms with Crippen LogP contribution in [0.15, 0.2) is 40.8 Å². The van der Waals surface area contributed by atoms with Gasteiger partial charge in [-0.3, -0.25) is 9.59 Å². The first kappa shape index (κ1) is 17.8. The molecule has 0 fully saturated rings. The summed E-state index contributed by atoms with van der Waals surface area (Å²) in [6, 6.07) is 6.72. The Balaban J connectivity index is 2.13. The second-order valence-corrected chi connectivity index (χ2v) is 5.54. The highest BCUT2D eigenvalue weighted by Gasteiger charge is 2.34. The van der Waals surface area contributed by atoms with Crippen LogP contribution < -0.4 is 31.2 Å². The summed E-state index contributed by atoms with van der Waals surface area (Å²) in [5.74, 6) is -0.995. The van der Waals surface area contributed by atoms with Crippen LogP contribution in [-0.4, -0.2) is 29.6 Å². The molecule has 0 bridgehead atoms. The second kappa shape index (κ2) is 7.09. The fourth-order valence-electron chi connectivity index (χ4n) is 2.76. The van der Waals surface area contributed by atoms with Crippen molar-refractivity contribution in [1.29, 1.82) is 5.26 Å². The minimum Gasteiger partial charge on any atom is -0.493 e. The van der Waals surface area contributed by atoms with Gasteiger partial charge in [-0.1, -0.05) is 6.07 Å². The van der Waals surface area contributed by atoms with Crippen molar-refractivity contribution in [2.45, 2.75) is 5.92 Å². The third kappa shape index (κ3) is 3.25. The van der Waals surface area contributed by atoms with Crippen LogP contribution in [0.25, 0.3) is 0 Å². The molecule has 1 aromatic carbocycles. The minimum absolute atomic E-state index is 0.0215. The molecule has 10 nitrogen and oxygen atoms in total. The largest absolute Gasteiger partial charge is 0.493 e. The van der Waals surface area contributed by atoms with Gasteiger partial charge in [0.15, 0.2) is 18.1 Å². The predicted octanol–water partition coefficient (Wildman–Crippen LogP) is -0.139. The van der Waals surface area contributed by atoms with E-state index >= 15 is 0 Å². The Morgan fingerprint density at radius 3 is 2.89 bits per heavy atom. The maximum atomic E-state index is 12.4. The zero-order valence-corrected chi connectivity index (χ0v) is 14.2. The molecule has 2 aromatic rings. The highest BCUT2D eigenvalue weighted by molar-refractivity contribution is 5.75. The lowest BCUT2D eigenvalue weighted by molar-refractivity contribution is -0.119. The number of carbonyl (C=O) groups excluding carboxylic acids is 1. The number of carbonyl (C=O) groups is 1. The standard InChI is InChI=1S/C17H15N5O5/c1-25-11-4-8(2-3-10(11)26-6-12(19)23)13-9(5-18)15(20)27-17-14(13)16(24)21-7-22-17/h2-4,7,13H,6,20H2,1H3,(H2,19,23)(H,21,22,24)/t13-/m0/s1. The summed E-state index contributed by atoms with van der Waals surface area (Å²) in [4.78, 5) is 29.7. The van der Waals surface area contributed by atoms with E-state index in [2.05, 4.69) is 9.97 Å². The zero-order valence-electron chi connectivity index (χ0n) is 14.2. The predicted molar refractivity (Wildman–Crippen MR) is 91.8 cm³/mol. The monoisotopic (exact) mass is 369 g/mol. The van der Waals surface area contributed by atoms with Gasteiger partial charge in [0.25, 0.3) is 11.5 Å². The van der Waals surface area contributed by atoms with Crippen LogP contribution >= 0.6 is 0 Å². The molecule has 0 saturated carbocycles. The van der Waals surface area contributed by atoms with Crippen molar-refractivity contribution >= 4 is 5.91 Å². The Hall–Kier alpha value is -4.00. The number of fused-ring (bicyclic) bond motifs is 1. The minimum atomic E-state index is -0.810. The molecule has 1 aliphatic heterocycles. The molecule has 1 aliphatic rings. The van der Waals surface area contributed by atoms with E-state index in [-0.39, 0.29) is 41.0 Å². The quantitative estimate of drug-likeness (QED) is 0.654. The van der Waals surface area contributed by atoms with E-state index in [1.807, 2.05) is 6.07 Å². The Bertz CT molecular complexity index is 1040. The third-order valence-corrected chi connectivity index (χ3v) is 3.91. The zero-order chi connectivity index (χ0) is 19.6. The smallest absolute Gasteiger partial charge is 0.258 e. The molecular formula is C17H15N5O5. The number of H-pyrrole nitrogens is 1. The van der Waals surface area contributed by atoms with Gasteiger partial charge in [0.05, 0.1) is 24.9 Å². The summed E-state index contributed by atoms with van der Waals surface area (Å²) in [5, 5.41) is 9.53. The molecule has 1 atom stereocenters. The van der Waals surface area contributed by atoms with Crippen LogP contribution in [0.3, 0.4) is 0 Å². The Morgan fingerprint density at radius 2 is 2.22 bits per heavy atom. The van der Waals surface area contributed by atoms with Crippen molar-refractivity contribution < 1.29 is 19.0 Å². The summed E-state index contributed by atoms with van der Waals surface area (Å²) in [5.41, 5.74) is 11.2. The highest BCUT2D eigenvalue weighted by Crippen LogP contribution is 2.41. The molecule has 10 heteroatoms. The number of primary amides is 1. The summed E-state index contributed by atoms with van der Waals surface area (Å²) < 4.78 is 15.9. The van der Waals surface area contributed by atoms with Crippen molar-refractivity contribution in [1.82, 2.24) is 9.97 Å². The number of benzene rings is 1. The lowest BCUT2D eigenvalue weighted by atomic mass is 9.85. The average Bonchev–Trinajstić information content (AvgIpc) is 2.65. The van der Waals surface area contributed by atoms with Crippen molar-refractivity contribution in [2.75, 3.05) is 13.7 Å². The van der Waals surface area contributed by atoms with Crippen LogP contribution in [0.5, 0.6) is 17.4 Å². The first-order valence-electron chi connectivity index (χ1n) is 7.70. The second-order valence-electron chi connectivity index (χ2n) is 5.54. The molecule has 1 aromatic heterocycles. The molecule has 1 amide bonds. The fourth-order valence-corrected chi connectivity index (χ4v) is 2.76. The Labute approximate surface area is 153 Å². The average molecular weight is 369 g/mol. The van der Waals surface area contributed by atoms with Gasteiger partial charge in [-0.2, -0.15) is 5.26 Å².